The molecule has 0 spiro atoms. The second-order valence-electron chi connectivity index (χ2n) is 6.30. The molecule has 3 aromatic rings. The standard InChI is InChI=1S/C19H20N4O/c1-14-6-7-18-21-17(13-23(18)11-14)10-20-19(24)22-9-8-15-4-2-3-5-16(15)12-22/h2-7,11,13H,8-10,12H2,1H3,(H,20,24). The molecule has 122 valence electrons. The number of urea groups is 1. The first-order valence-corrected chi connectivity index (χ1v) is 8.23. The van der Waals surface area contributed by atoms with E-state index >= 15 is 0 Å². The fraction of sp³-hybridized carbons (Fsp3) is 0.263. The molecule has 1 aliphatic rings. The maximum Gasteiger partial charge on any atom is 0.318 e. The number of carbonyl (C=O) groups is 1. The van der Waals surface area contributed by atoms with Gasteiger partial charge in [0.05, 0.1) is 12.2 Å². The Labute approximate surface area is 140 Å². The summed E-state index contributed by atoms with van der Waals surface area (Å²) in [6.45, 7) is 3.92. The smallest absolute Gasteiger partial charge is 0.318 e. The molecule has 1 aliphatic heterocycles. The third kappa shape index (κ3) is 2.85. The SMILES string of the molecule is Cc1ccc2nc(CNC(=O)N3CCc4ccccc4C3)cn2c1. The van der Waals surface area contributed by atoms with Gasteiger partial charge in [-0.2, -0.15) is 0 Å². The number of fused-ring (bicyclic) bond motifs is 2. The van der Waals surface area contributed by atoms with Crippen molar-refractivity contribution in [3.05, 3.63) is 71.2 Å². The molecule has 0 unspecified atom stereocenters. The van der Waals surface area contributed by atoms with Gasteiger partial charge in [0.15, 0.2) is 0 Å². The lowest BCUT2D eigenvalue weighted by Gasteiger charge is -2.28. The highest BCUT2D eigenvalue weighted by molar-refractivity contribution is 5.74. The maximum absolute atomic E-state index is 12.4. The normalized spacial score (nSPS) is 13.8. The Morgan fingerprint density at radius 3 is 2.88 bits per heavy atom. The van der Waals surface area contributed by atoms with Crippen molar-refractivity contribution in [3.8, 4) is 0 Å². The summed E-state index contributed by atoms with van der Waals surface area (Å²) in [6, 6.07) is 12.3. The molecule has 2 amide bonds. The highest BCUT2D eigenvalue weighted by Crippen LogP contribution is 2.18. The van der Waals surface area contributed by atoms with Gasteiger partial charge in [-0.05, 0) is 36.1 Å². The number of hydrogen-bond donors (Lipinski definition) is 1. The number of nitrogens with one attached hydrogen (secondary N) is 1. The lowest BCUT2D eigenvalue weighted by Crippen LogP contribution is -2.42. The Morgan fingerprint density at radius 1 is 1.17 bits per heavy atom. The number of aryl methyl sites for hydroxylation is 1. The average Bonchev–Trinajstić information content (AvgIpc) is 3.01. The zero-order chi connectivity index (χ0) is 16.5. The highest BCUT2D eigenvalue weighted by Gasteiger charge is 2.20. The van der Waals surface area contributed by atoms with Crippen molar-refractivity contribution in [1.82, 2.24) is 19.6 Å². The molecule has 5 nitrogen and oxygen atoms in total. The molecule has 5 heteroatoms. The first-order chi connectivity index (χ1) is 11.7. The van der Waals surface area contributed by atoms with E-state index < -0.39 is 0 Å². The third-order valence-corrected chi connectivity index (χ3v) is 4.49. The number of pyridine rings is 1. The van der Waals surface area contributed by atoms with Crippen molar-refractivity contribution in [2.75, 3.05) is 6.54 Å². The molecule has 1 N–H and O–H groups in total. The fourth-order valence-corrected chi connectivity index (χ4v) is 3.19. The lowest BCUT2D eigenvalue weighted by molar-refractivity contribution is 0.192. The molecule has 0 atom stereocenters. The summed E-state index contributed by atoms with van der Waals surface area (Å²) in [5.74, 6) is 0. The van der Waals surface area contributed by atoms with Crippen molar-refractivity contribution >= 4 is 11.7 Å². The summed E-state index contributed by atoms with van der Waals surface area (Å²) in [6.07, 6.45) is 4.92. The summed E-state index contributed by atoms with van der Waals surface area (Å²) in [7, 11) is 0. The highest BCUT2D eigenvalue weighted by atomic mass is 16.2. The molecule has 24 heavy (non-hydrogen) atoms. The van der Waals surface area contributed by atoms with Gasteiger partial charge < -0.3 is 14.6 Å². The monoisotopic (exact) mass is 320 g/mol. The minimum atomic E-state index is -0.0299. The molecule has 1 aromatic carbocycles. The van der Waals surface area contributed by atoms with E-state index in [2.05, 4.69) is 35.4 Å². The number of rotatable bonds is 2. The van der Waals surface area contributed by atoms with Crippen LogP contribution in [0.2, 0.25) is 0 Å². The number of hydrogen-bond acceptors (Lipinski definition) is 2. The van der Waals surface area contributed by atoms with Crippen LogP contribution in [0.25, 0.3) is 5.65 Å². The van der Waals surface area contributed by atoms with Gasteiger partial charge in [0.1, 0.15) is 5.65 Å². The van der Waals surface area contributed by atoms with E-state index in [1.165, 1.54) is 16.7 Å². The Morgan fingerprint density at radius 2 is 2.00 bits per heavy atom. The van der Waals surface area contributed by atoms with E-state index in [0.717, 1.165) is 24.3 Å². The Bertz CT molecular complexity index is 899. The van der Waals surface area contributed by atoms with Gasteiger partial charge >= 0.3 is 6.03 Å². The van der Waals surface area contributed by atoms with Gasteiger partial charge in [0.2, 0.25) is 0 Å². The second kappa shape index (κ2) is 6.00. The van der Waals surface area contributed by atoms with E-state index in [0.29, 0.717) is 13.1 Å². The summed E-state index contributed by atoms with van der Waals surface area (Å²) in [5, 5.41) is 2.99. The molecule has 0 bridgehead atoms. The van der Waals surface area contributed by atoms with Gasteiger partial charge in [-0.25, -0.2) is 9.78 Å². The second-order valence-corrected chi connectivity index (χ2v) is 6.30. The molecule has 0 radical (unpaired) electrons. The molecule has 0 saturated carbocycles. The minimum absolute atomic E-state index is 0.0299. The number of imidazole rings is 1. The Kier molecular flexibility index (Phi) is 3.69. The predicted octanol–water partition coefficient (Wildman–Crippen LogP) is 2.91. The summed E-state index contributed by atoms with van der Waals surface area (Å²) >= 11 is 0. The molecule has 3 heterocycles. The van der Waals surface area contributed by atoms with Crippen LogP contribution < -0.4 is 5.32 Å². The minimum Gasteiger partial charge on any atom is -0.332 e. The van der Waals surface area contributed by atoms with Crippen LogP contribution in [0.4, 0.5) is 4.79 Å². The van der Waals surface area contributed by atoms with E-state index in [4.69, 9.17) is 0 Å². The molecule has 0 saturated heterocycles. The Balaban J connectivity index is 1.41. The molecular weight excluding hydrogens is 300 g/mol. The first-order valence-electron chi connectivity index (χ1n) is 8.23. The summed E-state index contributed by atoms with van der Waals surface area (Å²) in [4.78, 5) is 18.8. The van der Waals surface area contributed by atoms with Crippen LogP contribution in [0.1, 0.15) is 22.4 Å². The number of carbonyl (C=O) groups excluding carboxylic acids is 1. The zero-order valence-corrected chi connectivity index (χ0v) is 13.7. The Hall–Kier alpha value is -2.82. The number of benzene rings is 1. The number of nitrogens with zero attached hydrogens (tertiary/aromatic N) is 3. The predicted molar refractivity (Wildman–Crippen MR) is 92.7 cm³/mol. The van der Waals surface area contributed by atoms with Crippen LogP contribution in [0, 0.1) is 6.92 Å². The van der Waals surface area contributed by atoms with Crippen molar-refractivity contribution in [3.63, 3.8) is 0 Å². The zero-order valence-electron chi connectivity index (χ0n) is 13.7. The van der Waals surface area contributed by atoms with Crippen LogP contribution >= 0.6 is 0 Å². The average molecular weight is 320 g/mol. The first kappa shape index (κ1) is 14.8. The molecule has 2 aromatic heterocycles. The van der Waals surface area contributed by atoms with Crippen molar-refractivity contribution < 1.29 is 4.79 Å². The van der Waals surface area contributed by atoms with Gasteiger partial charge in [0.25, 0.3) is 0 Å². The number of amides is 2. The van der Waals surface area contributed by atoms with Crippen LogP contribution in [0.3, 0.4) is 0 Å². The molecular formula is C19H20N4O. The van der Waals surface area contributed by atoms with E-state index in [1.807, 2.05) is 39.9 Å². The van der Waals surface area contributed by atoms with E-state index in [1.54, 1.807) is 0 Å². The van der Waals surface area contributed by atoms with E-state index in [9.17, 15) is 4.79 Å². The van der Waals surface area contributed by atoms with Gasteiger partial charge in [-0.1, -0.05) is 30.3 Å². The quantitative estimate of drug-likeness (QED) is 0.789. The van der Waals surface area contributed by atoms with Crippen molar-refractivity contribution in [2.24, 2.45) is 0 Å². The van der Waals surface area contributed by atoms with Crippen LogP contribution in [-0.4, -0.2) is 26.9 Å². The lowest BCUT2D eigenvalue weighted by atomic mass is 10.0. The fourth-order valence-electron chi connectivity index (χ4n) is 3.19. The summed E-state index contributed by atoms with van der Waals surface area (Å²) < 4.78 is 1.99. The van der Waals surface area contributed by atoms with Gasteiger partial charge in [-0.15, -0.1) is 0 Å². The topological polar surface area (TPSA) is 49.6 Å². The van der Waals surface area contributed by atoms with Crippen LogP contribution in [-0.2, 0) is 19.5 Å². The largest absolute Gasteiger partial charge is 0.332 e. The van der Waals surface area contributed by atoms with Crippen LogP contribution in [0.15, 0.2) is 48.8 Å². The van der Waals surface area contributed by atoms with Crippen molar-refractivity contribution in [1.29, 1.82) is 0 Å². The third-order valence-electron chi connectivity index (χ3n) is 4.49. The maximum atomic E-state index is 12.4. The van der Waals surface area contributed by atoms with Gasteiger partial charge in [-0.3, -0.25) is 0 Å². The molecule has 4 rings (SSSR count). The molecule has 0 aliphatic carbocycles. The van der Waals surface area contributed by atoms with E-state index in [-0.39, 0.29) is 6.03 Å². The number of aromatic nitrogens is 2. The van der Waals surface area contributed by atoms with Crippen molar-refractivity contribution in [2.45, 2.75) is 26.4 Å². The summed E-state index contributed by atoms with van der Waals surface area (Å²) in [5.41, 5.74) is 5.53. The van der Waals surface area contributed by atoms with Gasteiger partial charge in [0, 0.05) is 25.5 Å². The molecule has 0 fully saturated rings. The van der Waals surface area contributed by atoms with Crippen LogP contribution in [0.5, 0.6) is 0 Å².